The fourth-order valence-corrected chi connectivity index (χ4v) is 4.82. The van der Waals surface area contributed by atoms with Gasteiger partial charge in [0, 0.05) is 19.6 Å². The number of anilines is 1. The molecule has 1 amide bonds. The van der Waals surface area contributed by atoms with Crippen LogP contribution in [-0.4, -0.2) is 34.1 Å². The summed E-state index contributed by atoms with van der Waals surface area (Å²) in [6.45, 7) is 6.09. The van der Waals surface area contributed by atoms with Gasteiger partial charge in [-0.25, -0.2) is 0 Å². The summed E-state index contributed by atoms with van der Waals surface area (Å²) in [6, 6.07) is 20.0. The quantitative estimate of drug-likeness (QED) is 0.509. The molecule has 0 fully saturated rings. The molecule has 1 aromatic heterocycles. The number of benzene rings is 2. The van der Waals surface area contributed by atoms with Crippen LogP contribution < -0.4 is 5.32 Å². The molecule has 28 heavy (non-hydrogen) atoms. The number of aromatic nitrogens is 2. The maximum Gasteiger partial charge on any atom is 0.240 e. The van der Waals surface area contributed by atoms with Crippen LogP contribution in [0.4, 0.5) is 5.13 Å². The van der Waals surface area contributed by atoms with E-state index < -0.39 is 0 Å². The number of hydrogen-bond acceptors (Lipinski definition) is 6. The first-order valence-electron chi connectivity index (χ1n) is 9.33. The van der Waals surface area contributed by atoms with E-state index in [1.54, 1.807) is 0 Å². The topological polar surface area (TPSA) is 58.1 Å². The number of likely N-dealkylation sites (N-methyl/N-ethyl adjacent to an activating group) is 1. The zero-order valence-corrected chi connectivity index (χ0v) is 17.7. The fourth-order valence-electron chi connectivity index (χ4n) is 2.79. The molecule has 146 valence electrons. The van der Waals surface area contributed by atoms with Crippen molar-refractivity contribution < 1.29 is 4.79 Å². The minimum Gasteiger partial charge on any atom is -0.356 e. The van der Waals surface area contributed by atoms with Gasteiger partial charge >= 0.3 is 0 Å². The zero-order chi connectivity index (χ0) is 19.8. The molecule has 0 aliphatic rings. The highest BCUT2D eigenvalue weighted by Gasteiger charge is 2.27. The summed E-state index contributed by atoms with van der Waals surface area (Å²) in [6.07, 6.45) is 0. The van der Waals surface area contributed by atoms with Crippen molar-refractivity contribution >= 4 is 34.1 Å². The van der Waals surface area contributed by atoms with Gasteiger partial charge in [-0.3, -0.25) is 4.79 Å². The molecule has 0 radical (unpaired) electrons. The number of hydrogen-bond donors (Lipinski definition) is 1. The number of nitrogens with one attached hydrogen (secondary N) is 1. The molecule has 1 atom stereocenters. The van der Waals surface area contributed by atoms with Gasteiger partial charge in [0.2, 0.25) is 11.0 Å². The lowest BCUT2D eigenvalue weighted by Crippen LogP contribution is -2.33. The van der Waals surface area contributed by atoms with Crippen molar-refractivity contribution in [3.8, 4) is 0 Å². The van der Waals surface area contributed by atoms with Crippen molar-refractivity contribution in [2.75, 3.05) is 18.4 Å². The molecule has 7 heteroatoms. The summed E-state index contributed by atoms with van der Waals surface area (Å²) in [5.41, 5.74) is 2.17. The van der Waals surface area contributed by atoms with Crippen molar-refractivity contribution in [3.63, 3.8) is 0 Å². The molecular weight excluding hydrogens is 388 g/mol. The van der Waals surface area contributed by atoms with Crippen LogP contribution in [-0.2, 0) is 11.3 Å². The average molecular weight is 413 g/mol. The molecule has 0 aliphatic heterocycles. The van der Waals surface area contributed by atoms with E-state index in [1.807, 2.05) is 67.3 Å². The van der Waals surface area contributed by atoms with Gasteiger partial charge < -0.3 is 10.2 Å². The Hall–Kier alpha value is -2.38. The standard InChI is InChI=1S/C21H24N4OS2/c1-3-25(4-2)19(26)18(17-13-9-6-10-14-17)27-21-24-23-20(28-21)22-15-16-11-7-5-8-12-16/h5-14,18H,3-4,15H2,1-2H3,(H,22,23)/t18-/m0/s1. The normalized spacial score (nSPS) is 11.8. The second-order valence-electron chi connectivity index (χ2n) is 6.13. The first kappa shape index (κ1) is 20.4. The molecule has 0 bridgehead atoms. The average Bonchev–Trinajstić information content (AvgIpc) is 3.20. The minimum absolute atomic E-state index is 0.107. The van der Waals surface area contributed by atoms with Crippen molar-refractivity contribution in [2.45, 2.75) is 30.0 Å². The highest BCUT2D eigenvalue weighted by molar-refractivity contribution is 8.01. The zero-order valence-electron chi connectivity index (χ0n) is 16.0. The number of nitrogens with zero attached hydrogens (tertiary/aromatic N) is 3. The number of carbonyl (C=O) groups excluding carboxylic acids is 1. The van der Waals surface area contributed by atoms with Crippen LogP contribution in [0.25, 0.3) is 0 Å². The van der Waals surface area contributed by atoms with Crippen molar-refractivity contribution in [1.29, 1.82) is 0 Å². The van der Waals surface area contributed by atoms with E-state index in [2.05, 4.69) is 27.6 Å². The van der Waals surface area contributed by atoms with Crippen LogP contribution in [0.5, 0.6) is 0 Å². The first-order valence-corrected chi connectivity index (χ1v) is 11.0. The van der Waals surface area contributed by atoms with E-state index in [4.69, 9.17) is 0 Å². The summed E-state index contributed by atoms with van der Waals surface area (Å²) in [4.78, 5) is 14.9. The number of amides is 1. The summed E-state index contributed by atoms with van der Waals surface area (Å²) >= 11 is 2.94. The molecule has 1 N–H and O–H groups in total. The van der Waals surface area contributed by atoms with Gasteiger partial charge in [-0.15, -0.1) is 10.2 Å². The predicted octanol–water partition coefficient (Wildman–Crippen LogP) is 4.85. The minimum atomic E-state index is -0.323. The molecule has 3 rings (SSSR count). The van der Waals surface area contributed by atoms with E-state index >= 15 is 0 Å². The van der Waals surface area contributed by atoms with E-state index in [0.717, 1.165) is 15.0 Å². The SMILES string of the molecule is CCN(CC)C(=O)[C@@H](Sc1nnc(NCc2ccccc2)s1)c1ccccc1. The van der Waals surface area contributed by atoms with Gasteiger partial charge in [0.15, 0.2) is 4.34 Å². The summed E-state index contributed by atoms with van der Waals surface area (Å²) < 4.78 is 0.782. The highest BCUT2D eigenvalue weighted by atomic mass is 32.2. The molecule has 0 saturated carbocycles. The van der Waals surface area contributed by atoms with E-state index in [1.165, 1.54) is 28.7 Å². The second kappa shape index (κ2) is 10.2. The fraction of sp³-hybridized carbons (Fsp3) is 0.286. The Morgan fingerprint density at radius 2 is 1.68 bits per heavy atom. The lowest BCUT2D eigenvalue weighted by molar-refractivity contribution is -0.130. The second-order valence-corrected chi connectivity index (χ2v) is 8.46. The first-order chi connectivity index (χ1) is 13.7. The van der Waals surface area contributed by atoms with Crippen molar-refractivity contribution in [3.05, 3.63) is 71.8 Å². The summed E-state index contributed by atoms with van der Waals surface area (Å²) in [5.74, 6) is 0.107. The smallest absolute Gasteiger partial charge is 0.240 e. The number of thioether (sulfide) groups is 1. The van der Waals surface area contributed by atoms with Crippen LogP contribution in [0, 0.1) is 0 Å². The van der Waals surface area contributed by atoms with Gasteiger partial charge in [0.05, 0.1) is 0 Å². The van der Waals surface area contributed by atoms with Crippen LogP contribution in [0.15, 0.2) is 65.0 Å². The Kier molecular flexibility index (Phi) is 7.45. The molecule has 5 nitrogen and oxygen atoms in total. The maximum absolute atomic E-state index is 13.1. The van der Waals surface area contributed by atoms with E-state index in [0.29, 0.717) is 19.6 Å². The Morgan fingerprint density at radius 3 is 2.32 bits per heavy atom. The third-order valence-electron chi connectivity index (χ3n) is 4.31. The lowest BCUT2D eigenvalue weighted by Gasteiger charge is -2.24. The Bertz CT molecular complexity index is 866. The summed E-state index contributed by atoms with van der Waals surface area (Å²) in [5, 5.41) is 12.3. The molecule has 0 aliphatic carbocycles. The Morgan fingerprint density at radius 1 is 1.04 bits per heavy atom. The van der Waals surface area contributed by atoms with Crippen LogP contribution in [0.3, 0.4) is 0 Å². The van der Waals surface area contributed by atoms with Crippen molar-refractivity contribution in [1.82, 2.24) is 15.1 Å². The largest absolute Gasteiger partial charge is 0.356 e. The van der Waals surface area contributed by atoms with Gasteiger partial charge in [-0.05, 0) is 25.0 Å². The van der Waals surface area contributed by atoms with Gasteiger partial charge in [-0.2, -0.15) is 0 Å². The third kappa shape index (κ3) is 5.33. The molecule has 3 aromatic rings. The predicted molar refractivity (Wildman–Crippen MR) is 117 cm³/mol. The lowest BCUT2D eigenvalue weighted by atomic mass is 10.1. The van der Waals surface area contributed by atoms with Gasteiger partial charge in [-0.1, -0.05) is 83.8 Å². The Labute approximate surface area is 174 Å². The molecule has 0 unspecified atom stereocenters. The monoisotopic (exact) mass is 412 g/mol. The molecule has 0 saturated heterocycles. The maximum atomic E-state index is 13.1. The molecular formula is C21H24N4OS2. The molecule has 1 heterocycles. The van der Waals surface area contributed by atoms with Crippen LogP contribution in [0.2, 0.25) is 0 Å². The number of carbonyl (C=O) groups is 1. The van der Waals surface area contributed by atoms with Crippen molar-refractivity contribution in [2.24, 2.45) is 0 Å². The number of rotatable bonds is 9. The van der Waals surface area contributed by atoms with Crippen LogP contribution in [0.1, 0.15) is 30.2 Å². The van der Waals surface area contributed by atoms with E-state index in [9.17, 15) is 4.79 Å². The third-order valence-corrected chi connectivity index (χ3v) is 6.52. The molecule has 0 spiro atoms. The highest BCUT2D eigenvalue weighted by Crippen LogP contribution is 2.39. The Balaban J connectivity index is 1.72. The van der Waals surface area contributed by atoms with Gasteiger partial charge in [0.25, 0.3) is 0 Å². The summed E-state index contributed by atoms with van der Waals surface area (Å²) in [7, 11) is 0. The van der Waals surface area contributed by atoms with Crippen LogP contribution >= 0.6 is 23.1 Å². The van der Waals surface area contributed by atoms with E-state index in [-0.39, 0.29) is 11.2 Å². The van der Waals surface area contributed by atoms with Gasteiger partial charge in [0.1, 0.15) is 5.25 Å². The molecule has 2 aromatic carbocycles.